The summed E-state index contributed by atoms with van der Waals surface area (Å²) < 4.78 is 35.9. The fourth-order valence-electron chi connectivity index (χ4n) is 2.58. The van der Waals surface area contributed by atoms with Gasteiger partial charge in [0.2, 0.25) is 10.0 Å². The molecule has 0 amide bonds. The molecule has 1 heterocycles. The highest BCUT2D eigenvalue weighted by atomic mass is 127. The van der Waals surface area contributed by atoms with Crippen LogP contribution in [-0.4, -0.2) is 64.8 Å². The molecule has 0 unspecified atom stereocenters. The van der Waals surface area contributed by atoms with Crippen LogP contribution in [0.15, 0.2) is 23.2 Å². The van der Waals surface area contributed by atoms with E-state index in [1.807, 2.05) is 25.1 Å². The van der Waals surface area contributed by atoms with Crippen LogP contribution in [0.25, 0.3) is 0 Å². The summed E-state index contributed by atoms with van der Waals surface area (Å²) in [6.45, 7) is 4.69. The Morgan fingerprint density at radius 2 is 1.96 bits per heavy atom. The largest absolute Gasteiger partial charge is 0.490 e. The normalized spacial score (nSPS) is 14.3. The SMILES string of the molecule is CCN(CCCNC(=NC)Nc1ccc2c(c1)OCCCO2)S(C)(=O)=O.I. The summed E-state index contributed by atoms with van der Waals surface area (Å²) in [6.07, 6.45) is 2.78. The monoisotopic (exact) mass is 512 g/mol. The van der Waals surface area contributed by atoms with Gasteiger partial charge in [-0.15, -0.1) is 24.0 Å². The van der Waals surface area contributed by atoms with Crippen LogP contribution in [-0.2, 0) is 10.0 Å². The summed E-state index contributed by atoms with van der Waals surface area (Å²) in [6, 6.07) is 5.67. The van der Waals surface area contributed by atoms with E-state index in [-0.39, 0.29) is 24.0 Å². The zero-order valence-corrected chi connectivity index (χ0v) is 19.2. The van der Waals surface area contributed by atoms with Crippen LogP contribution in [0, 0.1) is 0 Å². The Bertz CT molecular complexity index is 728. The van der Waals surface area contributed by atoms with Crippen molar-refractivity contribution in [2.24, 2.45) is 4.99 Å². The molecule has 2 N–H and O–H groups in total. The van der Waals surface area contributed by atoms with Gasteiger partial charge in [-0.25, -0.2) is 12.7 Å². The first-order chi connectivity index (χ1) is 12.4. The lowest BCUT2D eigenvalue weighted by Gasteiger charge is -2.18. The summed E-state index contributed by atoms with van der Waals surface area (Å²) in [5.74, 6) is 2.08. The number of hydrogen-bond donors (Lipinski definition) is 2. The van der Waals surface area contributed by atoms with Crippen LogP contribution < -0.4 is 20.1 Å². The maximum atomic E-state index is 11.6. The van der Waals surface area contributed by atoms with Crippen LogP contribution in [0.4, 0.5) is 5.69 Å². The molecule has 0 radical (unpaired) electrons. The van der Waals surface area contributed by atoms with Gasteiger partial charge in [-0.2, -0.15) is 0 Å². The first-order valence-electron chi connectivity index (χ1n) is 8.76. The standard InChI is InChI=1S/C17H28N4O4S.HI/c1-4-21(26(3,22)23)10-5-9-19-17(18-2)20-14-7-8-15-16(13-14)25-12-6-11-24-15;/h7-8,13H,4-6,9-12H2,1-3H3,(H2,18,19,20);1H. The van der Waals surface area contributed by atoms with Crippen molar-refractivity contribution in [3.05, 3.63) is 18.2 Å². The van der Waals surface area contributed by atoms with E-state index in [2.05, 4.69) is 15.6 Å². The summed E-state index contributed by atoms with van der Waals surface area (Å²) in [4.78, 5) is 4.19. The van der Waals surface area contributed by atoms with Gasteiger partial charge in [0.1, 0.15) is 0 Å². The van der Waals surface area contributed by atoms with Gasteiger partial charge in [-0.1, -0.05) is 6.92 Å². The van der Waals surface area contributed by atoms with E-state index in [1.165, 1.54) is 10.6 Å². The summed E-state index contributed by atoms with van der Waals surface area (Å²) in [5.41, 5.74) is 0.841. The van der Waals surface area contributed by atoms with E-state index in [0.717, 1.165) is 23.6 Å². The zero-order chi connectivity index (χ0) is 19.0. The van der Waals surface area contributed by atoms with Crippen molar-refractivity contribution < 1.29 is 17.9 Å². The summed E-state index contributed by atoms with van der Waals surface area (Å²) >= 11 is 0. The lowest BCUT2D eigenvalue weighted by Crippen LogP contribution is -2.35. The van der Waals surface area contributed by atoms with E-state index in [0.29, 0.717) is 45.2 Å². The van der Waals surface area contributed by atoms with Crippen molar-refractivity contribution in [1.82, 2.24) is 9.62 Å². The number of halogens is 1. The van der Waals surface area contributed by atoms with Crippen LogP contribution >= 0.6 is 24.0 Å². The number of hydrogen-bond acceptors (Lipinski definition) is 5. The van der Waals surface area contributed by atoms with Crippen LogP contribution in [0.1, 0.15) is 19.8 Å². The molecule has 0 aromatic heterocycles. The highest BCUT2D eigenvalue weighted by molar-refractivity contribution is 14.0. The van der Waals surface area contributed by atoms with Gasteiger partial charge < -0.3 is 20.1 Å². The fourth-order valence-corrected chi connectivity index (χ4v) is 3.51. The van der Waals surface area contributed by atoms with Crippen molar-refractivity contribution in [2.45, 2.75) is 19.8 Å². The molecule has 1 aromatic carbocycles. The van der Waals surface area contributed by atoms with Gasteiger partial charge in [0, 0.05) is 44.9 Å². The molecule has 2 rings (SSSR count). The molecule has 10 heteroatoms. The number of anilines is 1. The number of rotatable bonds is 7. The Morgan fingerprint density at radius 1 is 1.26 bits per heavy atom. The third-order valence-electron chi connectivity index (χ3n) is 3.93. The fraction of sp³-hybridized carbons (Fsp3) is 0.588. The molecule has 1 aromatic rings. The van der Waals surface area contributed by atoms with Crippen LogP contribution in [0.3, 0.4) is 0 Å². The van der Waals surface area contributed by atoms with Gasteiger partial charge in [0.05, 0.1) is 19.5 Å². The molecule has 1 aliphatic rings. The molecule has 8 nitrogen and oxygen atoms in total. The predicted octanol–water partition coefficient (Wildman–Crippen LogP) is 2.12. The average Bonchev–Trinajstić information content (AvgIpc) is 2.84. The van der Waals surface area contributed by atoms with E-state index < -0.39 is 10.0 Å². The molecule has 154 valence electrons. The van der Waals surface area contributed by atoms with E-state index >= 15 is 0 Å². The van der Waals surface area contributed by atoms with Gasteiger partial charge in [-0.05, 0) is 18.6 Å². The zero-order valence-electron chi connectivity index (χ0n) is 16.0. The van der Waals surface area contributed by atoms with E-state index in [1.54, 1.807) is 7.05 Å². The van der Waals surface area contributed by atoms with E-state index in [4.69, 9.17) is 9.47 Å². The second-order valence-corrected chi connectivity index (χ2v) is 7.93. The number of guanidine groups is 1. The number of benzene rings is 1. The Morgan fingerprint density at radius 3 is 2.59 bits per heavy atom. The number of sulfonamides is 1. The molecule has 0 atom stereocenters. The first-order valence-corrected chi connectivity index (χ1v) is 10.6. The molecule has 0 spiro atoms. The number of aliphatic imine (C=N–C) groups is 1. The predicted molar refractivity (Wildman–Crippen MR) is 119 cm³/mol. The molecule has 0 saturated carbocycles. The van der Waals surface area contributed by atoms with Crippen molar-refractivity contribution in [3.63, 3.8) is 0 Å². The minimum absolute atomic E-state index is 0. The Balaban J connectivity index is 0.00000364. The lowest BCUT2D eigenvalue weighted by molar-refractivity contribution is 0.297. The molecule has 27 heavy (non-hydrogen) atoms. The first kappa shape index (κ1) is 23.8. The topological polar surface area (TPSA) is 92.3 Å². The quantitative estimate of drug-likeness (QED) is 0.252. The van der Waals surface area contributed by atoms with Crippen molar-refractivity contribution in [3.8, 4) is 11.5 Å². The minimum Gasteiger partial charge on any atom is -0.490 e. The number of ether oxygens (including phenoxy) is 2. The van der Waals surface area contributed by atoms with Gasteiger partial charge in [-0.3, -0.25) is 4.99 Å². The van der Waals surface area contributed by atoms with Crippen molar-refractivity contribution in [2.75, 3.05) is 51.5 Å². The number of nitrogens with one attached hydrogen (secondary N) is 2. The Hall–Kier alpha value is -1.27. The highest BCUT2D eigenvalue weighted by Crippen LogP contribution is 2.32. The maximum absolute atomic E-state index is 11.6. The average molecular weight is 512 g/mol. The minimum atomic E-state index is -3.15. The smallest absolute Gasteiger partial charge is 0.211 e. The molecule has 0 fully saturated rings. The molecular weight excluding hydrogens is 483 g/mol. The third kappa shape index (κ3) is 7.70. The lowest BCUT2D eigenvalue weighted by atomic mass is 10.2. The Kier molecular flexibility index (Phi) is 10.2. The van der Waals surface area contributed by atoms with Gasteiger partial charge in [0.25, 0.3) is 0 Å². The second kappa shape index (κ2) is 11.5. The molecule has 1 aliphatic heterocycles. The molecule has 0 bridgehead atoms. The summed E-state index contributed by atoms with van der Waals surface area (Å²) in [7, 11) is -1.46. The van der Waals surface area contributed by atoms with Gasteiger partial charge in [0.15, 0.2) is 17.5 Å². The third-order valence-corrected chi connectivity index (χ3v) is 5.31. The Labute approximate surface area is 178 Å². The van der Waals surface area contributed by atoms with Gasteiger partial charge >= 0.3 is 0 Å². The van der Waals surface area contributed by atoms with Crippen molar-refractivity contribution >= 4 is 45.6 Å². The summed E-state index contributed by atoms with van der Waals surface area (Å²) in [5, 5.41) is 6.39. The molecular formula is C17H29IN4O4S. The molecule has 0 saturated heterocycles. The van der Waals surface area contributed by atoms with E-state index in [9.17, 15) is 8.42 Å². The highest BCUT2D eigenvalue weighted by Gasteiger charge is 2.14. The molecule has 0 aliphatic carbocycles. The van der Waals surface area contributed by atoms with Crippen molar-refractivity contribution in [1.29, 1.82) is 0 Å². The second-order valence-electron chi connectivity index (χ2n) is 5.94. The number of fused-ring (bicyclic) bond motifs is 1. The van der Waals surface area contributed by atoms with Crippen LogP contribution in [0.5, 0.6) is 11.5 Å². The number of nitrogens with zero attached hydrogens (tertiary/aromatic N) is 2. The maximum Gasteiger partial charge on any atom is 0.211 e. The van der Waals surface area contributed by atoms with Crippen LogP contribution in [0.2, 0.25) is 0 Å².